The molecule has 0 aliphatic carbocycles. The van der Waals surface area contributed by atoms with Gasteiger partial charge in [0.25, 0.3) is 0 Å². The van der Waals surface area contributed by atoms with Gasteiger partial charge in [-0.05, 0) is 29.7 Å². The second-order valence-corrected chi connectivity index (χ2v) is 4.58. The molecule has 3 nitrogen and oxygen atoms in total. The Morgan fingerprint density at radius 3 is 2.76 bits per heavy atom. The Labute approximate surface area is 102 Å². The minimum atomic E-state index is 0.188. The highest BCUT2D eigenvalue weighted by atomic mass is 15.5. The van der Waals surface area contributed by atoms with E-state index in [1.54, 1.807) is 5.01 Å². The zero-order valence-corrected chi connectivity index (χ0v) is 9.79. The van der Waals surface area contributed by atoms with Crippen LogP contribution in [-0.4, -0.2) is 22.6 Å². The topological polar surface area (TPSA) is 32.5 Å². The smallest absolute Gasteiger partial charge is 0.116 e. The number of hydrogen-bond donors (Lipinski definition) is 1. The van der Waals surface area contributed by atoms with Crippen LogP contribution in [0.5, 0.6) is 0 Å². The van der Waals surface area contributed by atoms with Crippen LogP contribution in [0.15, 0.2) is 48.7 Å². The third kappa shape index (κ3) is 1.99. The van der Waals surface area contributed by atoms with E-state index in [9.17, 15) is 0 Å². The van der Waals surface area contributed by atoms with Gasteiger partial charge in [-0.25, -0.2) is 5.84 Å². The van der Waals surface area contributed by atoms with E-state index in [0.29, 0.717) is 0 Å². The molecule has 3 heteroatoms. The van der Waals surface area contributed by atoms with Gasteiger partial charge >= 0.3 is 0 Å². The Balaban J connectivity index is 1.80. The summed E-state index contributed by atoms with van der Waals surface area (Å²) in [5, 5.41) is 1.77. The van der Waals surface area contributed by atoms with Crippen LogP contribution in [0.25, 0.3) is 0 Å². The molecule has 1 atom stereocenters. The van der Waals surface area contributed by atoms with Crippen LogP contribution < -0.4 is 5.84 Å². The fraction of sp³-hybridized carbons (Fsp3) is 0.286. The van der Waals surface area contributed by atoms with E-state index in [1.165, 1.54) is 11.1 Å². The number of hydrazine groups is 1. The molecule has 0 saturated heterocycles. The number of nitrogens with zero attached hydrogens (tertiary/aromatic N) is 2. The number of allylic oxidation sites excluding steroid dienone is 2. The van der Waals surface area contributed by atoms with Crippen molar-refractivity contribution in [2.45, 2.75) is 19.1 Å². The van der Waals surface area contributed by atoms with Crippen molar-refractivity contribution in [3.05, 3.63) is 59.8 Å². The number of hydrogen-bond acceptors (Lipinski definition) is 3. The van der Waals surface area contributed by atoms with Gasteiger partial charge in [0.1, 0.15) is 6.17 Å². The fourth-order valence-electron chi connectivity index (χ4n) is 2.55. The molecule has 0 bridgehead atoms. The lowest BCUT2D eigenvalue weighted by molar-refractivity contribution is 0.0979. The standard InChI is InChI=1S/C14H17N3/c15-17-9-4-3-7-14(17)16-10-8-12-5-1-2-6-13(12)11-16/h1-7,9,14H,8,10-11,15H2. The van der Waals surface area contributed by atoms with E-state index in [4.69, 9.17) is 5.84 Å². The first kappa shape index (κ1) is 10.6. The van der Waals surface area contributed by atoms with Gasteiger partial charge in [-0.1, -0.05) is 30.3 Å². The molecule has 1 unspecified atom stereocenters. The molecule has 17 heavy (non-hydrogen) atoms. The predicted octanol–water partition coefficient (Wildman–Crippen LogP) is 1.63. The summed E-state index contributed by atoms with van der Waals surface area (Å²) >= 11 is 0. The third-order valence-electron chi connectivity index (χ3n) is 3.49. The summed E-state index contributed by atoms with van der Waals surface area (Å²) in [6.07, 6.45) is 9.40. The van der Waals surface area contributed by atoms with Crippen LogP contribution in [0.3, 0.4) is 0 Å². The van der Waals surface area contributed by atoms with Gasteiger partial charge in [0.05, 0.1) is 0 Å². The van der Waals surface area contributed by atoms with Crippen LogP contribution in [0.1, 0.15) is 11.1 Å². The normalized spacial score (nSPS) is 23.8. The van der Waals surface area contributed by atoms with Crippen molar-refractivity contribution in [2.24, 2.45) is 5.84 Å². The van der Waals surface area contributed by atoms with Crippen LogP contribution in [0.2, 0.25) is 0 Å². The van der Waals surface area contributed by atoms with Gasteiger partial charge in [0.2, 0.25) is 0 Å². The molecule has 2 aliphatic heterocycles. The average molecular weight is 227 g/mol. The molecular formula is C14H17N3. The first-order valence-corrected chi connectivity index (χ1v) is 6.03. The summed E-state index contributed by atoms with van der Waals surface area (Å²) in [6.45, 7) is 2.04. The van der Waals surface area contributed by atoms with Crippen molar-refractivity contribution in [3.8, 4) is 0 Å². The summed E-state index contributed by atoms with van der Waals surface area (Å²) in [4.78, 5) is 2.41. The molecule has 1 aromatic carbocycles. The molecular weight excluding hydrogens is 210 g/mol. The molecule has 0 radical (unpaired) electrons. The van der Waals surface area contributed by atoms with Crippen molar-refractivity contribution in [2.75, 3.05) is 6.54 Å². The van der Waals surface area contributed by atoms with Gasteiger partial charge < -0.3 is 0 Å². The van der Waals surface area contributed by atoms with Gasteiger partial charge in [-0.3, -0.25) is 9.91 Å². The second kappa shape index (κ2) is 4.35. The molecule has 1 aromatic rings. The highest BCUT2D eigenvalue weighted by molar-refractivity contribution is 5.29. The van der Waals surface area contributed by atoms with Crippen molar-refractivity contribution >= 4 is 0 Å². The molecule has 2 N–H and O–H groups in total. The minimum absolute atomic E-state index is 0.188. The van der Waals surface area contributed by atoms with E-state index in [-0.39, 0.29) is 6.17 Å². The average Bonchev–Trinajstić information content (AvgIpc) is 2.39. The van der Waals surface area contributed by atoms with E-state index in [1.807, 2.05) is 12.3 Å². The molecule has 0 fully saturated rings. The summed E-state index contributed by atoms with van der Waals surface area (Å²) in [7, 11) is 0. The molecule has 88 valence electrons. The number of fused-ring (bicyclic) bond motifs is 1. The number of benzene rings is 1. The van der Waals surface area contributed by atoms with E-state index in [2.05, 4.69) is 41.3 Å². The molecule has 0 saturated carbocycles. The first-order chi connectivity index (χ1) is 8.34. The largest absolute Gasteiger partial charge is 0.297 e. The SMILES string of the molecule is NN1C=CC=CC1N1CCc2ccccc2C1. The third-order valence-corrected chi connectivity index (χ3v) is 3.49. The summed E-state index contributed by atoms with van der Waals surface area (Å²) in [5.74, 6) is 5.98. The maximum Gasteiger partial charge on any atom is 0.116 e. The van der Waals surface area contributed by atoms with Gasteiger partial charge in [0, 0.05) is 19.3 Å². The van der Waals surface area contributed by atoms with Gasteiger partial charge in [-0.2, -0.15) is 0 Å². The maximum absolute atomic E-state index is 5.98. The molecule has 0 amide bonds. The lowest BCUT2D eigenvalue weighted by Crippen LogP contribution is -2.50. The van der Waals surface area contributed by atoms with E-state index >= 15 is 0 Å². The van der Waals surface area contributed by atoms with Crippen molar-refractivity contribution in [1.82, 2.24) is 9.91 Å². The lowest BCUT2D eigenvalue weighted by Gasteiger charge is -2.38. The quantitative estimate of drug-likeness (QED) is 0.740. The van der Waals surface area contributed by atoms with Crippen LogP contribution >= 0.6 is 0 Å². The van der Waals surface area contributed by atoms with Crippen LogP contribution in [0, 0.1) is 0 Å². The van der Waals surface area contributed by atoms with Crippen molar-refractivity contribution < 1.29 is 0 Å². The minimum Gasteiger partial charge on any atom is -0.297 e. The van der Waals surface area contributed by atoms with Gasteiger partial charge in [0.15, 0.2) is 0 Å². The zero-order chi connectivity index (χ0) is 11.7. The fourth-order valence-corrected chi connectivity index (χ4v) is 2.55. The van der Waals surface area contributed by atoms with E-state index < -0.39 is 0 Å². The number of rotatable bonds is 1. The van der Waals surface area contributed by atoms with Crippen LogP contribution in [-0.2, 0) is 13.0 Å². The summed E-state index contributed by atoms with van der Waals surface area (Å²) in [5.41, 5.74) is 2.90. The highest BCUT2D eigenvalue weighted by Crippen LogP contribution is 2.22. The number of nitrogens with two attached hydrogens (primary N) is 1. The molecule has 2 aliphatic rings. The zero-order valence-electron chi connectivity index (χ0n) is 9.79. The molecule has 0 aromatic heterocycles. The second-order valence-electron chi connectivity index (χ2n) is 4.58. The van der Waals surface area contributed by atoms with Crippen molar-refractivity contribution in [1.29, 1.82) is 0 Å². The summed E-state index contributed by atoms with van der Waals surface area (Å²) in [6, 6.07) is 8.67. The van der Waals surface area contributed by atoms with Gasteiger partial charge in [-0.15, -0.1) is 0 Å². The predicted molar refractivity (Wildman–Crippen MR) is 68.7 cm³/mol. The Kier molecular flexibility index (Phi) is 2.71. The first-order valence-electron chi connectivity index (χ1n) is 6.03. The Morgan fingerprint density at radius 1 is 1.12 bits per heavy atom. The lowest BCUT2D eigenvalue weighted by atomic mass is 9.99. The molecule has 0 spiro atoms. The van der Waals surface area contributed by atoms with E-state index in [0.717, 1.165) is 19.5 Å². The van der Waals surface area contributed by atoms with Crippen LogP contribution in [0.4, 0.5) is 0 Å². The Hall–Kier alpha value is -1.58. The summed E-state index contributed by atoms with van der Waals surface area (Å²) < 4.78 is 0. The monoisotopic (exact) mass is 227 g/mol. The molecule has 2 heterocycles. The Bertz CT molecular complexity index is 464. The van der Waals surface area contributed by atoms with Crippen molar-refractivity contribution in [3.63, 3.8) is 0 Å². The molecule has 3 rings (SSSR count). The Morgan fingerprint density at radius 2 is 1.94 bits per heavy atom. The maximum atomic E-state index is 5.98. The highest BCUT2D eigenvalue weighted by Gasteiger charge is 2.24.